The molecule has 1 aromatic heterocycles. The van der Waals surface area contributed by atoms with E-state index in [1.807, 2.05) is 6.07 Å². The van der Waals surface area contributed by atoms with Crippen LogP contribution < -0.4 is 0 Å². The summed E-state index contributed by atoms with van der Waals surface area (Å²) in [7, 11) is 0. The summed E-state index contributed by atoms with van der Waals surface area (Å²) in [4.78, 5) is 15.5. The van der Waals surface area contributed by atoms with Crippen molar-refractivity contribution in [2.75, 3.05) is 0 Å². The van der Waals surface area contributed by atoms with Gasteiger partial charge in [-0.2, -0.15) is 0 Å². The van der Waals surface area contributed by atoms with Gasteiger partial charge in [-0.3, -0.25) is 4.98 Å². The zero-order chi connectivity index (χ0) is 21.3. The molecule has 5 rings (SSSR count). The summed E-state index contributed by atoms with van der Waals surface area (Å²) in [5, 5.41) is 9.12. The highest BCUT2D eigenvalue weighted by molar-refractivity contribution is 5.87. The smallest absolute Gasteiger partial charge is 0.337 e. The maximum absolute atomic E-state index is 11.1. The van der Waals surface area contributed by atoms with Crippen LogP contribution in [0.3, 0.4) is 0 Å². The van der Waals surface area contributed by atoms with Gasteiger partial charge < -0.3 is 5.11 Å². The Labute approximate surface area is 179 Å². The van der Waals surface area contributed by atoms with Crippen LogP contribution in [0.15, 0.2) is 42.1 Å². The third kappa shape index (κ3) is 2.85. The van der Waals surface area contributed by atoms with Gasteiger partial charge in [0.15, 0.2) is 0 Å². The van der Waals surface area contributed by atoms with Gasteiger partial charge >= 0.3 is 5.97 Å². The Balaban J connectivity index is 1.55. The van der Waals surface area contributed by atoms with Gasteiger partial charge in [-0.1, -0.05) is 51.5 Å². The molecule has 3 aliphatic rings. The van der Waals surface area contributed by atoms with E-state index in [4.69, 9.17) is 5.11 Å². The number of rotatable bonds is 3. The van der Waals surface area contributed by atoms with Crippen molar-refractivity contribution < 1.29 is 9.90 Å². The Bertz CT molecular complexity index is 1060. The number of fused-ring (bicyclic) bond motifs is 2. The Morgan fingerprint density at radius 2 is 1.80 bits per heavy atom. The van der Waals surface area contributed by atoms with Gasteiger partial charge in [0.25, 0.3) is 0 Å². The lowest BCUT2D eigenvalue weighted by atomic mass is 9.62. The van der Waals surface area contributed by atoms with Crippen molar-refractivity contribution in [3.63, 3.8) is 0 Å². The molecule has 0 aliphatic heterocycles. The topological polar surface area (TPSA) is 50.2 Å². The highest BCUT2D eigenvalue weighted by atomic mass is 16.4. The first kappa shape index (κ1) is 19.5. The summed E-state index contributed by atoms with van der Waals surface area (Å²) in [6, 6.07) is 10.8. The second-order valence-corrected chi connectivity index (χ2v) is 10.9. The molecule has 0 bridgehead atoms. The maximum atomic E-state index is 11.1. The number of hydrogen-bond acceptors (Lipinski definition) is 2. The van der Waals surface area contributed by atoms with Crippen molar-refractivity contribution in [1.29, 1.82) is 0 Å². The Kier molecular flexibility index (Phi) is 4.10. The predicted octanol–water partition coefficient (Wildman–Crippen LogP) is 6.26. The number of aromatic nitrogens is 1. The highest BCUT2D eigenvalue weighted by Gasteiger charge is 2.61. The van der Waals surface area contributed by atoms with Gasteiger partial charge in [0.1, 0.15) is 0 Å². The lowest BCUT2D eigenvalue weighted by molar-refractivity contribution is 0.0696. The second kappa shape index (κ2) is 6.29. The fourth-order valence-electron chi connectivity index (χ4n) is 6.03. The summed E-state index contributed by atoms with van der Waals surface area (Å²) in [5.74, 6) is -0.194. The molecule has 0 radical (unpaired) electrons. The Morgan fingerprint density at radius 1 is 1.07 bits per heavy atom. The number of carboxylic acids is 1. The van der Waals surface area contributed by atoms with E-state index in [0.717, 1.165) is 18.0 Å². The monoisotopic (exact) mass is 401 g/mol. The molecule has 1 N–H and O–H groups in total. The maximum Gasteiger partial charge on any atom is 0.337 e. The lowest BCUT2D eigenvalue weighted by Gasteiger charge is -2.42. The van der Waals surface area contributed by atoms with Crippen LogP contribution in [0.25, 0.3) is 6.08 Å². The molecule has 3 heteroatoms. The van der Waals surface area contributed by atoms with Gasteiger partial charge in [-0.05, 0) is 83.8 Å². The van der Waals surface area contributed by atoms with Crippen LogP contribution in [0.1, 0.15) is 92.5 Å². The van der Waals surface area contributed by atoms with Crippen LogP contribution in [0.2, 0.25) is 0 Å². The molecular weight excluding hydrogens is 370 g/mol. The molecule has 1 aromatic carbocycles. The summed E-state index contributed by atoms with van der Waals surface area (Å²) >= 11 is 0. The minimum atomic E-state index is -0.930. The van der Waals surface area contributed by atoms with Crippen molar-refractivity contribution in [3.8, 4) is 0 Å². The van der Waals surface area contributed by atoms with Crippen molar-refractivity contribution in [2.24, 2.45) is 5.92 Å². The largest absolute Gasteiger partial charge is 0.478 e. The normalized spacial score (nSPS) is 29.3. The van der Waals surface area contributed by atoms with Crippen molar-refractivity contribution in [2.45, 2.75) is 76.0 Å². The summed E-state index contributed by atoms with van der Waals surface area (Å²) in [6.07, 6.45) is 9.73. The molecule has 2 fully saturated rings. The highest BCUT2D eigenvalue weighted by Crippen LogP contribution is 2.67. The van der Waals surface area contributed by atoms with E-state index in [0.29, 0.717) is 0 Å². The Morgan fingerprint density at radius 3 is 2.43 bits per heavy atom. The van der Waals surface area contributed by atoms with Crippen LogP contribution in [-0.2, 0) is 16.2 Å². The van der Waals surface area contributed by atoms with Gasteiger partial charge in [0.05, 0.1) is 11.3 Å². The van der Waals surface area contributed by atoms with E-state index < -0.39 is 5.97 Å². The van der Waals surface area contributed by atoms with Crippen molar-refractivity contribution >= 4 is 12.0 Å². The first-order valence-corrected chi connectivity index (χ1v) is 11.2. The zero-order valence-electron chi connectivity index (χ0n) is 18.5. The van der Waals surface area contributed by atoms with Crippen LogP contribution >= 0.6 is 0 Å². The number of carbonyl (C=O) groups is 1. The molecule has 0 amide bonds. The van der Waals surface area contributed by atoms with Crippen LogP contribution in [-0.4, -0.2) is 16.1 Å². The number of benzene rings is 1. The second-order valence-electron chi connectivity index (χ2n) is 10.9. The predicted molar refractivity (Wildman–Crippen MR) is 120 cm³/mol. The molecule has 156 valence electrons. The van der Waals surface area contributed by atoms with E-state index >= 15 is 0 Å². The molecule has 0 saturated heterocycles. The number of hydrogen-bond donors (Lipinski definition) is 1. The van der Waals surface area contributed by atoms with Gasteiger partial charge in [-0.15, -0.1) is 0 Å². The van der Waals surface area contributed by atoms with Crippen molar-refractivity contribution in [3.05, 3.63) is 70.0 Å². The van der Waals surface area contributed by atoms with E-state index in [1.54, 1.807) is 6.07 Å². The molecule has 30 heavy (non-hydrogen) atoms. The molecule has 1 heterocycles. The van der Waals surface area contributed by atoms with Crippen LogP contribution in [0.5, 0.6) is 0 Å². The van der Waals surface area contributed by atoms with Crippen LogP contribution in [0.4, 0.5) is 0 Å². The van der Waals surface area contributed by atoms with Crippen LogP contribution in [0, 0.1) is 5.92 Å². The minimum Gasteiger partial charge on any atom is -0.478 e. The van der Waals surface area contributed by atoms with Crippen molar-refractivity contribution in [1.82, 2.24) is 4.98 Å². The van der Waals surface area contributed by atoms with E-state index in [2.05, 4.69) is 57.0 Å². The summed E-state index contributed by atoms with van der Waals surface area (Å²) < 4.78 is 0. The fraction of sp³-hybridized carbons (Fsp3) is 0.481. The number of nitrogens with zero attached hydrogens (tertiary/aromatic N) is 1. The fourth-order valence-corrected chi connectivity index (χ4v) is 6.03. The first-order valence-electron chi connectivity index (χ1n) is 11.2. The average Bonchev–Trinajstić information content (AvgIpc) is 3.35. The molecule has 2 unspecified atom stereocenters. The SMILES string of the molecule is CC1(C)CCC(C)(C)c2cc(C34CC3CC/C4=C\c3ccc(C(=O)O)cn3)ccc21. The minimum absolute atomic E-state index is 0.167. The quantitative estimate of drug-likeness (QED) is 0.660. The number of allylic oxidation sites excluding steroid dienone is 1. The van der Waals surface area contributed by atoms with Gasteiger partial charge in [0.2, 0.25) is 0 Å². The van der Waals surface area contributed by atoms with E-state index in [-0.39, 0.29) is 21.8 Å². The number of pyridine rings is 1. The molecule has 2 saturated carbocycles. The Hall–Kier alpha value is -2.42. The molecule has 3 aliphatic carbocycles. The molecule has 3 nitrogen and oxygen atoms in total. The van der Waals surface area contributed by atoms with E-state index in [9.17, 15) is 4.79 Å². The molecule has 2 atom stereocenters. The molecule has 0 spiro atoms. The first-order chi connectivity index (χ1) is 14.1. The third-order valence-corrected chi connectivity index (χ3v) is 8.16. The van der Waals surface area contributed by atoms with Gasteiger partial charge in [-0.25, -0.2) is 4.79 Å². The zero-order valence-corrected chi connectivity index (χ0v) is 18.5. The lowest BCUT2D eigenvalue weighted by Crippen LogP contribution is -2.34. The standard InChI is InChI=1S/C27H31NO2/c1-25(2)11-12-26(3,4)23-14-19(8-10-22(23)25)27-15-20(27)7-6-18(27)13-21-9-5-17(16-28-21)24(29)30/h5,8-10,13-14,16,20H,6-7,11-12,15H2,1-4H3,(H,29,30)/b18-13+. The summed E-state index contributed by atoms with van der Waals surface area (Å²) in [6.45, 7) is 9.55. The average molecular weight is 402 g/mol. The third-order valence-electron chi connectivity index (χ3n) is 8.16. The van der Waals surface area contributed by atoms with Gasteiger partial charge in [0, 0.05) is 11.6 Å². The number of aromatic carboxylic acids is 1. The molecule has 2 aromatic rings. The summed E-state index contributed by atoms with van der Waals surface area (Å²) in [5.41, 5.74) is 7.73. The number of carboxylic acid groups (broad SMARTS) is 1. The van der Waals surface area contributed by atoms with E-state index in [1.165, 1.54) is 54.1 Å². The molecular formula is C27H31NO2.